The predicted molar refractivity (Wildman–Crippen MR) is 253 cm³/mol. The molecule has 0 unspecified atom stereocenters. The molecule has 0 radical (unpaired) electrons. The first-order valence-corrected chi connectivity index (χ1v) is 24.2. The summed E-state index contributed by atoms with van der Waals surface area (Å²) in [5, 5.41) is 16.1. The van der Waals surface area contributed by atoms with Gasteiger partial charge in [-0.2, -0.15) is 9.10 Å². The molecular weight excluding hydrogens is 899 g/mol. The van der Waals surface area contributed by atoms with Crippen molar-refractivity contribution in [3.8, 4) is 39.8 Å². The molecule has 0 aliphatic rings. The Morgan fingerprint density at radius 2 is 1.33 bits per heavy atom. The number of sulfonamides is 1. The number of nitrogen functional groups attached to an aromatic ring is 1. The van der Waals surface area contributed by atoms with Crippen molar-refractivity contribution in [2.45, 2.75) is 68.8 Å². The third kappa shape index (κ3) is 10.8. The summed E-state index contributed by atoms with van der Waals surface area (Å²) in [6.45, 7) is 6.23. The number of anilines is 1. The van der Waals surface area contributed by atoms with Crippen molar-refractivity contribution in [2.24, 2.45) is 7.05 Å². The van der Waals surface area contributed by atoms with Crippen LogP contribution in [0.25, 0.3) is 33.5 Å². The van der Waals surface area contributed by atoms with Gasteiger partial charge in [0.25, 0.3) is 0 Å². The van der Waals surface area contributed by atoms with Crippen molar-refractivity contribution in [1.82, 2.24) is 39.4 Å². The van der Waals surface area contributed by atoms with Gasteiger partial charge in [-0.25, -0.2) is 26.6 Å². The Hall–Kier alpha value is -7.03. The van der Waals surface area contributed by atoms with E-state index in [9.17, 15) is 4.79 Å². The number of amides is 1. The van der Waals surface area contributed by atoms with Gasteiger partial charge in [0.1, 0.15) is 27.7 Å². The molecule has 0 fully saturated rings. The molecule has 1 amide bonds. The average Bonchev–Trinajstić information content (AvgIpc) is 3.87. The van der Waals surface area contributed by atoms with E-state index >= 15 is 16.8 Å². The molecule has 7 rings (SSSR count). The van der Waals surface area contributed by atoms with Crippen LogP contribution in [0.15, 0.2) is 113 Å². The van der Waals surface area contributed by atoms with Crippen LogP contribution in [0.4, 0.5) is 10.7 Å². The van der Waals surface area contributed by atoms with Gasteiger partial charge in [-0.3, -0.25) is 0 Å². The number of aromatic nitrogens is 6. The van der Waals surface area contributed by atoms with Crippen LogP contribution in [0.1, 0.15) is 44.4 Å². The zero-order chi connectivity index (χ0) is 48.3. The number of imidazole rings is 1. The molecule has 67 heavy (non-hydrogen) atoms. The van der Waals surface area contributed by atoms with Gasteiger partial charge >= 0.3 is 6.09 Å². The SMILES string of the molecule is COc1ccc(CN(Cc2ccc(OC)cc2)S(=O)(=O)c2c(S(=O)(=O)C[C@H](C)NC(=O)OC(C)(C)C)ccc(-c3cccc4c3nc(N)n4C)c2-c2nnn(Cc3ccc(OC)cc3)n2)cc1. The Kier molecular flexibility index (Phi) is 13.9. The van der Waals surface area contributed by atoms with E-state index in [-0.39, 0.29) is 42.5 Å². The molecule has 0 aliphatic carbocycles. The number of alkyl carbamates (subject to hydrolysis) is 1. The Morgan fingerprint density at radius 3 is 1.87 bits per heavy atom. The molecule has 0 saturated carbocycles. The van der Waals surface area contributed by atoms with Crippen molar-refractivity contribution >= 4 is 42.9 Å². The number of nitrogens with two attached hydrogens (primary N) is 1. The number of tetrazole rings is 1. The lowest BCUT2D eigenvalue weighted by molar-refractivity contribution is 0.0513. The molecule has 2 aromatic heterocycles. The van der Waals surface area contributed by atoms with Crippen LogP contribution in [0, 0.1) is 0 Å². The second-order valence-electron chi connectivity index (χ2n) is 16.8. The topological polar surface area (TPSA) is 225 Å². The first-order chi connectivity index (χ1) is 31.8. The number of hydrogen-bond donors (Lipinski definition) is 2. The molecule has 0 aliphatic heterocycles. The lowest BCUT2D eigenvalue weighted by Gasteiger charge is -2.27. The molecule has 352 valence electrons. The Balaban J connectivity index is 1.50. The first-order valence-electron chi connectivity index (χ1n) is 21.1. The molecule has 2 heterocycles. The highest BCUT2D eigenvalue weighted by atomic mass is 32.2. The maximum absolute atomic E-state index is 16.1. The highest BCUT2D eigenvalue weighted by Gasteiger charge is 2.39. The minimum absolute atomic E-state index is 0.119. The number of carbonyl (C=O) groups excluding carboxylic acids is 1. The van der Waals surface area contributed by atoms with Crippen LogP contribution >= 0.6 is 0 Å². The van der Waals surface area contributed by atoms with Gasteiger partial charge in [0.05, 0.1) is 55.1 Å². The third-order valence-electron chi connectivity index (χ3n) is 10.7. The quantitative estimate of drug-likeness (QED) is 0.0978. The lowest BCUT2D eigenvalue weighted by atomic mass is 9.98. The van der Waals surface area contributed by atoms with Crippen LogP contribution in [0.5, 0.6) is 17.2 Å². The number of carbonyl (C=O) groups is 1. The largest absolute Gasteiger partial charge is 0.497 e. The van der Waals surface area contributed by atoms with Crippen molar-refractivity contribution in [2.75, 3.05) is 32.8 Å². The van der Waals surface area contributed by atoms with E-state index in [2.05, 4.69) is 20.6 Å². The van der Waals surface area contributed by atoms with Gasteiger partial charge in [0, 0.05) is 31.7 Å². The van der Waals surface area contributed by atoms with E-state index in [0.717, 1.165) is 5.56 Å². The smallest absolute Gasteiger partial charge is 0.407 e. The highest BCUT2D eigenvalue weighted by molar-refractivity contribution is 7.93. The molecule has 0 saturated heterocycles. The summed E-state index contributed by atoms with van der Waals surface area (Å²) < 4.78 is 86.7. The average molecular weight is 952 g/mol. The van der Waals surface area contributed by atoms with E-state index in [4.69, 9.17) is 29.8 Å². The summed E-state index contributed by atoms with van der Waals surface area (Å²) in [5.41, 5.74) is 8.93. The highest BCUT2D eigenvalue weighted by Crippen LogP contribution is 2.43. The zero-order valence-electron chi connectivity index (χ0n) is 38.4. The standard InChI is InChI=1S/C47H53N9O9S2/c1-30(49-46(57)65-47(2,3)4)29-66(58,59)40-25-24-37(38-10-9-11-39-42(38)50-45(48)54(39)5)41(44-51-53-56(52-44)28-33-16-22-36(64-8)23-17-33)43(40)67(60,61)55(26-31-12-18-34(62-6)19-13-31)27-32-14-20-35(63-7)21-15-32/h9-25,30H,26-29H2,1-8H3,(H2,48,50)(H,49,57)/t30-/m0/s1. The fourth-order valence-electron chi connectivity index (χ4n) is 7.46. The Morgan fingerprint density at radius 1 is 0.776 bits per heavy atom. The van der Waals surface area contributed by atoms with E-state index < -0.39 is 53.1 Å². The number of methoxy groups -OCH3 is 3. The maximum Gasteiger partial charge on any atom is 0.407 e. The molecule has 0 spiro atoms. The van der Waals surface area contributed by atoms with Crippen molar-refractivity contribution < 1.29 is 40.6 Å². The van der Waals surface area contributed by atoms with Crippen LogP contribution in [-0.2, 0) is 51.3 Å². The number of rotatable bonds is 17. The number of fused-ring (bicyclic) bond motifs is 1. The summed E-state index contributed by atoms with van der Waals surface area (Å²) in [5.74, 6) is 1.04. The van der Waals surface area contributed by atoms with Crippen LogP contribution in [0.2, 0.25) is 0 Å². The number of ether oxygens (including phenoxy) is 4. The number of nitrogens with one attached hydrogen (secondary N) is 1. The molecule has 7 aromatic rings. The minimum Gasteiger partial charge on any atom is -0.497 e. The normalized spacial score (nSPS) is 12.6. The summed E-state index contributed by atoms with van der Waals surface area (Å²) >= 11 is 0. The summed E-state index contributed by atoms with van der Waals surface area (Å²) in [6.07, 6.45) is -0.843. The minimum atomic E-state index is -4.95. The van der Waals surface area contributed by atoms with E-state index in [1.165, 1.54) is 42.4 Å². The van der Waals surface area contributed by atoms with Crippen LogP contribution in [0.3, 0.4) is 0 Å². The van der Waals surface area contributed by atoms with Crippen molar-refractivity contribution in [3.63, 3.8) is 0 Å². The molecule has 3 N–H and O–H groups in total. The fraction of sp³-hybridized carbons (Fsp3) is 0.298. The van der Waals surface area contributed by atoms with E-state index in [1.807, 2.05) is 18.2 Å². The Labute approximate surface area is 389 Å². The van der Waals surface area contributed by atoms with Gasteiger partial charge in [0.15, 0.2) is 9.84 Å². The van der Waals surface area contributed by atoms with Crippen molar-refractivity contribution in [1.29, 1.82) is 0 Å². The Bertz CT molecular complexity index is 3060. The monoisotopic (exact) mass is 951 g/mol. The second-order valence-corrected chi connectivity index (χ2v) is 20.7. The number of hydrogen-bond acceptors (Lipinski definition) is 14. The number of sulfone groups is 1. The number of nitrogens with zero attached hydrogens (tertiary/aromatic N) is 7. The van der Waals surface area contributed by atoms with E-state index in [0.29, 0.717) is 45.0 Å². The number of aryl methyl sites for hydroxylation is 1. The molecule has 5 aromatic carbocycles. The third-order valence-corrected chi connectivity index (χ3v) is 14.7. The van der Waals surface area contributed by atoms with Gasteiger partial charge in [-0.05, 0) is 104 Å². The number of para-hydroxylation sites is 1. The van der Waals surface area contributed by atoms with Crippen LogP contribution in [-0.4, -0.2) is 95.7 Å². The van der Waals surface area contributed by atoms with Crippen molar-refractivity contribution in [3.05, 3.63) is 120 Å². The van der Waals surface area contributed by atoms with Crippen LogP contribution < -0.4 is 25.3 Å². The predicted octanol–water partition coefficient (Wildman–Crippen LogP) is 6.63. The molecule has 1 atom stereocenters. The molecule has 18 nitrogen and oxygen atoms in total. The fourth-order valence-corrected chi connectivity index (χ4v) is 11.4. The van der Waals surface area contributed by atoms with Gasteiger partial charge in [0.2, 0.25) is 21.8 Å². The molecule has 0 bridgehead atoms. The van der Waals surface area contributed by atoms with Gasteiger partial charge in [-0.1, -0.05) is 54.6 Å². The second kappa shape index (κ2) is 19.4. The van der Waals surface area contributed by atoms with Gasteiger partial charge < -0.3 is 34.6 Å². The lowest BCUT2D eigenvalue weighted by Crippen LogP contribution is -2.41. The number of benzene rings is 5. The van der Waals surface area contributed by atoms with E-state index in [1.54, 1.807) is 112 Å². The zero-order valence-corrected chi connectivity index (χ0v) is 40.1. The summed E-state index contributed by atoms with van der Waals surface area (Å²) in [6, 6.07) is 28.0. The molecule has 20 heteroatoms. The molecular formula is C47H53N9O9S2. The maximum atomic E-state index is 16.1. The summed E-state index contributed by atoms with van der Waals surface area (Å²) in [7, 11) is -3.22. The van der Waals surface area contributed by atoms with Gasteiger partial charge in [-0.15, -0.1) is 10.2 Å². The first kappa shape index (κ1) is 47.9. The summed E-state index contributed by atoms with van der Waals surface area (Å²) in [4.78, 5) is 17.6.